The molecule has 130 valence electrons. The van der Waals surface area contributed by atoms with E-state index in [1.165, 1.54) is 18.2 Å². The Balaban J connectivity index is 1.96. The van der Waals surface area contributed by atoms with Crippen molar-refractivity contribution in [2.75, 3.05) is 0 Å². The molecule has 3 aromatic rings. The first-order chi connectivity index (χ1) is 12.4. The van der Waals surface area contributed by atoms with Gasteiger partial charge in [0, 0.05) is 12.6 Å². The SMILES string of the molecule is Cn1c(/C(C#N)=C\c2ccc(C(F)(F)F)cc2)nnc1-c1ccccc1. The van der Waals surface area contributed by atoms with E-state index in [9.17, 15) is 18.4 Å². The molecule has 0 aliphatic rings. The molecule has 0 aliphatic heterocycles. The molecule has 3 rings (SSSR count). The molecule has 0 bridgehead atoms. The van der Waals surface area contributed by atoms with Crippen LogP contribution in [0.3, 0.4) is 0 Å². The van der Waals surface area contributed by atoms with E-state index in [0.717, 1.165) is 17.7 Å². The first kappa shape index (κ1) is 17.4. The number of halogens is 3. The molecule has 7 heteroatoms. The maximum absolute atomic E-state index is 12.6. The Hall–Kier alpha value is -3.40. The fraction of sp³-hybridized carbons (Fsp3) is 0.105. The van der Waals surface area contributed by atoms with E-state index in [-0.39, 0.29) is 5.57 Å². The van der Waals surface area contributed by atoms with Gasteiger partial charge in [0.15, 0.2) is 11.6 Å². The zero-order chi connectivity index (χ0) is 18.7. The Morgan fingerprint density at radius 3 is 2.27 bits per heavy atom. The van der Waals surface area contributed by atoms with Gasteiger partial charge in [0.2, 0.25) is 0 Å². The molecule has 4 nitrogen and oxygen atoms in total. The first-order valence-electron chi connectivity index (χ1n) is 7.64. The number of hydrogen-bond donors (Lipinski definition) is 0. The number of nitrogens with zero attached hydrogens (tertiary/aromatic N) is 4. The van der Waals surface area contributed by atoms with E-state index in [2.05, 4.69) is 10.2 Å². The average Bonchev–Trinajstić information content (AvgIpc) is 3.01. The van der Waals surface area contributed by atoms with Crippen LogP contribution in [0.4, 0.5) is 13.2 Å². The molecule has 0 aliphatic carbocycles. The van der Waals surface area contributed by atoms with Crippen LogP contribution >= 0.6 is 0 Å². The molecule has 0 spiro atoms. The van der Waals surface area contributed by atoms with Crippen LogP contribution in [-0.2, 0) is 13.2 Å². The van der Waals surface area contributed by atoms with Gasteiger partial charge in [0.1, 0.15) is 6.07 Å². The van der Waals surface area contributed by atoms with Crippen molar-refractivity contribution in [2.45, 2.75) is 6.18 Å². The minimum atomic E-state index is -4.39. The van der Waals surface area contributed by atoms with Gasteiger partial charge in [-0.15, -0.1) is 10.2 Å². The summed E-state index contributed by atoms with van der Waals surface area (Å²) in [7, 11) is 1.73. The van der Waals surface area contributed by atoms with Crippen molar-refractivity contribution >= 4 is 11.6 Å². The van der Waals surface area contributed by atoms with Gasteiger partial charge in [0.05, 0.1) is 11.1 Å². The quantitative estimate of drug-likeness (QED) is 0.648. The number of rotatable bonds is 3. The van der Waals surface area contributed by atoms with Gasteiger partial charge in [-0.1, -0.05) is 42.5 Å². The van der Waals surface area contributed by atoms with Gasteiger partial charge >= 0.3 is 6.18 Å². The van der Waals surface area contributed by atoms with Crippen LogP contribution in [0.25, 0.3) is 23.0 Å². The molecule has 0 atom stereocenters. The summed E-state index contributed by atoms with van der Waals surface area (Å²) in [6.45, 7) is 0. The molecule has 2 aromatic carbocycles. The van der Waals surface area contributed by atoms with Crippen LogP contribution in [0, 0.1) is 11.3 Å². The Labute approximate surface area is 147 Å². The standard InChI is InChI=1S/C19H13F3N4/c1-26-17(14-5-3-2-4-6-14)24-25-18(26)15(12-23)11-13-7-9-16(10-8-13)19(20,21)22/h2-11H,1H3/b15-11-. The van der Waals surface area contributed by atoms with Crippen molar-refractivity contribution in [3.8, 4) is 17.5 Å². The van der Waals surface area contributed by atoms with E-state index in [0.29, 0.717) is 17.2 Å². The monoisotopic (exact) mass is 354 g/mol. The summed E-state index contributed by atoms with van der Waals surface area (Å²) in [6.07, 6.45) is -2.91. The zero-order valence-electron chi connectivity index (χ0n) is 13.7. The van der Waals surface area contributed by atoms with Crippen molar-refractivity contribution in [3.05, 3.63) is 71.5 Å². The van der Waals surface area contributed by atoms with E-state index >= 15 is 0 Å². The third-order valence-electron chi connectivity index (χ3n) is 3.82. The van der Waals surface area contributed by atoms with E-state index < -0.39 is 11.7 Å². The molecule has 0 radical (unpaired) electrons. The van der Waals surface area contributed by atoms with Crippen molar-refractivity contribution in [2.24, 2.45) is 7.05 Å². The average molecular weight is 354 g/mol. The van der Waals surface area contributed by atoms with Crippen LogP contribution in [0.2, 0.25) is 0 Å². The number of hydrogen-bond acceptors (Lipinski definition) is 3. The highest BCUT2D eigenvalue weighted by atomic mass is 19.4. The number of benzene rings is 2. The molecule has 26 heavy (non-hydrogen) atoms. The van der Waals surface area contributed by atoms with E-state index in [1.807, 2.05) is 36.4 Å². The van der Waals surface area contributed by atoms with Crippen molar-refractivity contribution in [3.63, 3.8) is 0 Å². The zero-order valence-corrected chi connectivity index (χ0v) is 13.7. The first-order valence-corrected chi connectivity index (χ1v) is 7.64. The topological polar surface area (TPSA) is 54.5 Å². The summed E-state index contributed by atoms with van der Waals surface area (Å²) in [5, 5.41) is 17.6. The lowest BCUT2D eigenvalue weighted by atomic mass is 10.1. The Morgan fingerprint density at radius 1 is 1.04 bits per heavy atom. The van der Waals surface area contributed by atoms with Gasteiger partial charge in [0.25, 0.3) is 0 Å². The molecule has 0 unspecified atom stereocenters. The molecule has 1 heterocycles. The Morgan fingerprint density at radius 2 is 1.69 bits per heavy atom. The Bertz CT molecular complexity index is 978. The van der Waals surface area contributed by atoms with Crippen molar-refractivity contribution in [1.29, 1.82) is 5.26 Å². The molecule has 0 saturated heterocycles. The highest BCUT2D eigenvalue weighted by molar-refractivity contribution is 5.87. The maximum atomic E-state index is 12.6. The third-order valence-corrected chi connectivity index (χ3v) is 3.82. The summed E-state index contributed by atoms with van der Waals surface area (Å²) in [5.74, 6) is 0.931. The molecule has 0 fully saturated rings. The van der Waals surface area contributed by atoms with E-state index in [1.54, 1.807) is 11.6 Å². The molecule has 1 aromatic heterocycles. The second kappa shape index (κ2) is 6.84. The van der Waals surface area contributed by atoms with Crippen molar-refractivity contribution in [1.82, 2.24) is 14.8 Å². The predicted octanol–water partition coefficient (Wildman–Crippen LogP) is 4.57. The molecule has 0 amide bonds. The Kier molecular flexibility index (Phi) is 4.59. The van der Waals surface area contributed by atoms with Crippen LogP contribution in [-0.4, -0.2) is 14.8 Å². The lowest BCUT2D eigenvalue weighted by molar-refractivity contribution is -0.137. The number of allylic oxidation sites excluding steroid dienone is 1. The lowest BCUT2D eigenvalue weighted by Gasteiger charge is -2.06. The summed E-state index contributed by atoms with van der Waals surface area (Å²) >= 11 is 0. The van der Waals surface area contributed by atoms with E-state index in [4.69, 9.17) is 0 Å². The highest BCUT2D eigenvalue weighted by Gasteiger charge is 2.29. The van der Waals surface area contributed by atoms with Gasteiger partial charge in [-0.3, -0.25) is 0 Å². The van der Waals surface area contributed by atoms with Crippen LogP contribution in [0.1, 0.15) is 17.0 Å². The molecular formula is C19H13F3N4. The number of nitriles is 1. The largest absolute Gasteiger partial charge is 0.416 e. The molecule has 0 saturated carbocycles. The minimum absolute atomic E-state index is 0.210. The van der Waals surface area contributed by atoms with Gasteiger partial charge in [-0.2, -0.15) is 18.4 Å². The summed E-state index contributed by atoms with van der Waals surface area (Å²) in [4.78, 5) is 0. The summed E-state index contributed by atoms with van der Waals surface area (Å²) < 4.78 is 39.6. The fourth-order valence-corrected chi connectivity index (χ4v) is 2.48. The maximum Gasteiger partial charge on any atom is 0.416 e. The van der Waals surface area contributed by atoms with Gasteiger partial charge in [-0.05, 0) is 23.8 Å². The normalized spacial score (nSPS) is 12.0. The van der Waals surface area contributed by atoms with Crippen LogP contribution < -0.4 is 0 Å². The second-order valence-corrected chi connectivity index (χ2v) is 5.56. The lowest BCUT2D eigenvalue weighted by Crippen LogP contribution is -2.04. The number of aromatic nitrogens is 3. The molecule has 0 N–H and O–H groups in total. The summed E-state index contributed by atoms with van der Waals surface area (Å²) in [5.41, 5.74) is 0.791. The van der Waals surface area contributed by atoms with Crippen molar-refractivity contribution < 1.29 is 13.2 Å². The second-order valence-electron chi connectivity index (χ2n) is 5.56. The minimum Gasteiger partial charge on any atom is -0.310 e. The van der Waals surface area contributed by atoms with Crippen LogP contribution in [0.15, 0.2) is 54.6 Å². The van der Waals surface area contributed by atoms with Gasteiger partial charge < -0.3 is 4.57 Å². The summed E-state index contributed by atoms with van der Waals surface area (Å²) in [6, 6.07) is 16.0. The number of alkyl halides is 3. The molecular weight excluding hydrogens is 341 g/mol. The fourth-order valence-electron chi connectivity index (χ4n) is 2.48. The predicted molar refractivity (Wildman–Crippen MR) is 91.4 cm³/mol. The van der Waals surface area contributed by atoms with Gasteiger partial charge in [-0.25, -0.2) is 0 Å². The van der Waals surface area contributed by atoms with Crippen LogP contribution in [0.5, 0.6) is 0 Å². The highest BCUT2D eigenvalue weighted by Crippen LogP contribution is 2.29. The smallest absolute Gasteiger partial charge is 0.310 e. The third kappa shape index (κ3) is 3.49.